The van der Waals surface area contributed by atoms with E-state index in [1.807, 2.05) is 25.1 Å². The molecule has 11 nitrogen and oxygen atoms in total. The van der Waals surface area contributed by atoms with Crippen molar-refractivity contribution >= 4 is 12.0 Å². The van der Waals surface area contributed by atoms with Gasteiger partial charge in [0.05, 0.1) is 78.1 Å². The normalized spacial score (nSPS) is 23.9. The van der Waals surface area contributed by atoms with Crippen LogP contribution >= 0.6 is 0 Å². The van der Waals surface area contributed by atoms with Gasteiger partial charge >= 0.3 is 5.97 Å². The number of esters is 1. The lowest BCUT2D eigenvalue weighted by molar-refractivity contribution is -0.144. The van der Waals surface area contributed by atoms with Gasteiger partial charge in [0, 0.05) is 0 Å². The molecule has 0 aliphatic carbocycles. The first-order chi connectivity index (χ1) is 18.9. The van der Waals surface area contributed by atoms with E-state index in [1.165, 1.54) is 6.08 Å². The molecule has 3 fully saturated rings. The molecule has 4 atom stereocenters. The van der Waals surface area contributed by atoms with Gasteiger partial charge in [0.25, 0.3) is 0 Å². The van der Waals surface area contributed by atoms with Crippen molar-refractivity contribution in [3.63, 3.8) is 0 Å². The number of nitriles is 1. The zero-order chi connectivity index (χ0) is 27.5. The van der Waals surface area contributed by atoms with E-state index in [9.17, 15) is 15.2 Å². The molecule has 4 rings (SSSR count). The van der Waals surface area contributed by atoms with Crippen LogP contribution in [0, 0.1) is 23.7 Å². The highest BCUT2D eigenvalue weighted by atomic mass is 16.6. The number of rotatable bonds is 20. The Morgan fingerprint density at radius 2 is 1.44 bits per heavy atom. The van der Waals surface area contributed by atoms with Gasteiger partial charge in [-0.15, -0.1) is 0 Å². The van der Waals surface area contributed by atoms with Crippen LogP contribution in [-0.2, 0) is 42.7 Å². The van der Waals surface area contributed by atoms with Gasteiger partial charge in [0.1, 0.15) is 42.7 Å². The minimum absolute atomic E-state index is 0.0954. The van der Waals surface area contributed by atoms with Crippen molar-refractivity contribution in [1.82, 2.24) is 0 Å². The van der Waals surface area contributed by atoms with Crippen LogP contribution in [0.4, 0.5) is 0 Å². The van der Waals surface area contributed by atoms with Gasteiger partial charge in [-0.25, -0.2) is 4.79 Å². The van der Waals surface area contributed by atoms with Crippen LogP contribution in [0.3, 0.4) is 0 Å². The number of epoxide rings is 3. The van der Waals surface area contributed by atoms with Crippen LogP contribution in [-0.4, -0.2) is 115 Å². The monoisotopic (exact) mass is 547 g/mol. The van der Waals surface area contributed by atoms with Crippen LogP contribution in [0.15, 0.2) is 29.8 Å². The third-order valence-corrected chi connectivity index (χ3v) is 6.20. The number of hydrogen-bond acceptors (Lipinski definition) is 11. The number of aliphatic hydroxyl groups excluding tert-OH is 1. The molecule has 1 N–H and O–H groups in total. The van der Waals surface area contributed by atoms with E-state index in [2.05, 4.69) is 0 Å². The molecule has 0 spiro atoms. The SMILES string of the molecule is Cc1ccc(C=C(C#N)C(=O)OCC(O)COCC(COCC2CO2)(COCC2CO2)COCC2CO2)cc1. The number of carbonyl (C=O) groups is 1. The Balaban J connectivity index is 1.25. The fourth-order valence-corrected chi connectivity index (χ4v) is 3.64. The minimum atomic E-state index is -1.09. The maximum absolute atomic E-state index is 12.4. The number of nitrogens with zero attached hydrogens (tertiary/aromatic N) is 1. The van der Waals surface area contributed by atoms with E-state index in [0.29, 0.717) is 65.0 Å². The Morgan fingerprint density at radius 1 is 0.949 bits per heavy atom. The zero-order valence-corrected chi connectivity index (χ0v) is 22.3. The summed E-state index contributed by atoms with van der Waals surface area (Å²) in [6.45, 7) is 6.10. The predicted molar refractivity (Wildman–Crippen MR) is 137 cm³/mol. The fraction of sp³-hybridized carbons (Fsp3) is 0.643. The summed E-state index contributed by atoms with van der Waals surface area (Å²) in [6.07, 6.45) is 0.693. The number of benzene rings is 1. The summed E-state index contributed by atoms with van der Waals surface area (Å²) in [6, 6.07) is 9.23. The van der Waals surface area contributed by atoms with E-state index in [4.69, 9.17) is 37.9 Å². The summed E-state index contributed by atoms with van der Waals surface area (Å²) in [5, 5.41) is 19.8. The van der Waals surface area contributed by atoms with Crippen LogP contribution in [0.1, 0.15) is 11.1 Å². The number of ether oxygens (including phenoxy) is 8. The van der Waals surface area contributed by atoms with Crippen molar-refractivity contribution in [2.24, 2.45) is 5.41 Å². The summed E-state index contributed by atoms with van der Waals surface area (Å²) in [4.78, 5) is 12.4. The predicted octanol–water partition coefficient (Wildman–Crippen LogP) is 1.06. The van der Waals surface area contributed by atoms with Crippen molar-refractivity contribution < 1.29 is 47.8 Å². The van der Waals surface area contributed by atoms with Crippen molar-refractivity contribution in [3.8, 4) is 6.07 Å². The van der Waals surface area contributed by atoms with Crippen molar-refractivity contribution in [1.29, 1.82) is 5.26 Å². The second-order valence-corrected chi connectivity index (χ2v) is 10.3. The van der Waals surface area contributed by atoms with Crippen LogP contribution in [0.5, 0.6) is 0 Å². The van der Waals surface area contributed by atoms with E-state index in [1.54, 1.807) is 12.1 Å². The largest absolute Gasteiger partial charge is 0.459 e. The van der Waals surface area contributed by atoms with E-state index >= 15 is 0 Å². The van der Waals surface area contributed by atoms with Crippen molar-refractivity contribution in [2.75, 3.05) is 79.3 Å². The van der Waals surface area contributed by atoms with Crippen LogP contribution in [0.2, 0.25) is 0 Å². The molecular formula is C28H37NO10. The van der Waals surface area contributed by atoms with Crippen LogP contribution in [0.25, 0.3) is 6.08 Å². The third kappa shape index (κ3) is 11.3. The zero-order valence-electron chi connectivity index (χ0n) is 22.3. The summed E-state index contributed by atoms with van der Waals surface area (Å²) >= 11 is 0. The van der Waals surface area contributed by atoms with Gasteiger partial charge in [0.2, 0.25) is 0 Å². The molecule has 0 aromatic heterocycles. The molecule has 1 aromatic rings. The highest BCUT2D eigenvalue weighted by molar-refractivity contribution is 5.97. The highest BCUT2D eigenvalue weighted by Crippen LogP contribution is 2.24. The van der Waals surface area contributed by atoms with Gasteiger partial charge in [-0.3, -0.25) is 0 Å². The number of carbonyl (C=O) groups excluding carboxylic acids is 1. The first-order valence-corrected chi connectivity index (χ1v) is 13.1. The molecule has 3 aliphatic heterocycles. The summed E-state index contributed by atoms with van der Waals surface area (Å²) in [5.74, 6) is -0.812. The fourth-order valence-electron chi connectivity index (χ4n) is 3.64. The van der Waals surface area contributed by atoms with Gasteiger partial charge in [-0.2, -0.15) is 5.26 Å². The Hall–Kier alpha value is -2.40. The average Bonchev–Trinajstić information content (AvgIpc) is 3.76. The Bertz CT molecular complexity index is 934. The summed E-state index contributed by atoms with van der Waals surface area (Å²) in [7, 11) is 0. The minimum Gasteiger partial charge on any atom is -0.459 e. The summed E-state index contributed by atoms with van der Waals surface area (Å²) < 4.78 is 44.4. The first-order valence-electron chi connectivity index (χ1n) is 13.1. The molecule has 3 heterocycles. The lowest BCUT2D eigenvalue weighted by atomic mass is 9.92. The lowest BCUT2D eigenvalue weighted by Gasteiger charge is -2.33. The molecule has 0 bridgehead atoms. The maximum atomic E-state index is 12.4. The molecule has 1 aromatic carbocycles. The van der Waals surface area contributed by atoms with Gasteiger partial charge in [-0.05, 0) is 18.6 Å². The Morgan fingerprint density at radius 3 is 1.90 bits per heavy atom. The van der Waals surface area contributed by atoms with E-state index < -0.39 is 17.5 Å². The van der Waals surface area contributed by atoms with Gasteiger partial charge in [-0.1, -0.05) is 29.8 Å². The standard InChI is InChI=1S/C28H37NO10/c1-20-2-4-21(5-3-20)6-22(7-29)27(31)39-9-23(30)8-32-16-28(17-33-10-24-13-36-24,18-34-11-25-14-37-25)19-35-12-26-15-38-26/h2-6,23-26,30H,8-19H2,1H3. The number of aryl methyl sites for hydroxylation is 1. The molecule has 3 aliphatic rings. The topological polar surface area (TPSA) is 145 Å². The Kier molecular flexibility index (Phi) is 11.3. The Labute approximate surface area is 228 Å². The van der Waals surface area contributed by atoms with Crippen molar-refractivity contribution in [3.05, 3.63) is 41.0 Å². The van der Waals surface area contributed by atoms with Gasteiger partial charge < -0.3 is 43.0 Å². The maximum Gasteiger partial charge on any atom is 0.348 e. The molecule has 11 heteroatoms. The van der Waals surface area contributed by atoms with Crippen LogP contribution < -0.4 is 0 Å². The first kappa shape index (κ1) is 29.6. The second-order valence-electron chi connectivity index (χ2n) is 10.3. The third-order valence-electron chi connectivity index (χ3n) is 6.20. The highest BCUT2D eigenvalue weighted by Gasteiger charge is 2.36. The number of aliphatic hydroxyl groups is 1. The second kappa shape index (κ2) is 14.8. The molecule has 0 radical (unpaired) electrons. The quantitative estimate of drug-likeness (QED) is 0.108. The molecule has 4 unspecified atom stereocenters. The average molecular weight is 548 g/mol. The molecule has 0 saturated carbocycles. The van der Waals surface area contributed by atoms with E-state index in [0.717, 1.165) is 5.56 Å². The van der Waals surface area contributed by atoms with E-state index in [-0.39, 0.29) is 43.7 Å². The summed E-state index contributed by atoms with van der Waals surface area (Å²) in [5.41, 5.74) is 0.975. The molecule has 39 heavy (non-hydrogen) atoms. The smallest absolute Gasteiger partial charge is 0.348 e. The molecule has 3 saturated heterocycles. The molecule has 214 valence electrons. The van der Waals surface area contributed by atoms with Gasteiger partial charge in [0.15, 0.2) is 0 Å². The lowest BCUT2D eigenvalue weighted by Crippen LogP contribution is -2.43. The van der Waals surface area contributed by atoms with Crippen molar-refractivity contribution in [2.45, 2.75) is 31.3 Å². The molecule has 0 amide bonds. The number of hydrogen-bond donors (Lipinski definition) is 1. The molecular weight excluding hydrogens is 510 g/mol.